The number of rotatable bonds is 5. The van der Waals surface area contributed by atoms with Crippen molar-refractivity contribution in [2.75, 3.05) is 31.1 Å². The van der Waals surface area contributed by atoms with Crippen molar-refractivity contribution in [2.24, 2.45) is 5.10 Å². The number of ether oxygens (including phenoxy) is 1. The van der Waals surface area contributed by atoms with Crippen LogP contribution in [0.4, 0.5) is 11.4 Å². The largest absolute Gasteiger partial charge is 0.465 e. The summed E-state index contributed by atoms with van der Waals surface area (Å²) in [6.45, 7) is 1.80. The smallest absolute Gasteiger partial charge is 0.337 e. The number of carbonyl (C=O) groups is 2. The maximum absolute atomic E-state index is 12.8. The third kappa shape index (κ3) is 4.43. The predicted molar refractivity (Wildman–Crippen MR) is 116 cm³/mol. The number of methoxy groups -OCH3 is 1. The summed E-state index contributed by atoms with van der Waals surface area (Å²) in [6.07, 6.45) is 5.56. The molecule has 0 atom stereocenters. The van der Waals surface area contributed by atoms with Gasteiger partial charge >= 0.3 is 5.97 Å². The van der Waals surface area contributed by atoms with Crippen molar-refractivity contribution in [3.63, 3.8) is 0 Å². The van der Waals surface area contributed by atoms with Crippen molar-refractivity contribution in [3.8, 4) is 0 Å². The zero-order valence-corrected chi connectivity index (χ0v) is 16.9. The van der Waals surface area contributed by atoms with E-state index in [2.05, 4.69) is 9.84 Å². The molecule has 3 rings (SSSR count). The minimum Gasteiger partial charge on any atom is -0.465 e. The fourth-order valence-electron chi connectivity index (χ4n) is 2.88. The Balaban J connectivity index is 1.74. The monoisotopic (exact) mass is 389 g/mol. The maximum Gasteiger partial charge on any atom is 0.337 e. The SMILES string of the molecule is COC(=O)c1ccc(N2N=C(C)/C(=C/C=Cc3ccc(N(C)C)cc3)C2=O)cc1. The number of hydrogen-bond donors (Lipinski definition) is 0. The topological polar surface area (TPSA) is 62.2 Å². The zero-order chi connectivity index (χ0) is 21.0. The highest BCUT2D eigenvalue weighted by molar-refractivity contribution is 6.29. The summed E-state index contributed by atoms with van der Waals surface area (Å²) in [4.78, 5) is 26.4. The summed E-state index contributed by atoms with van der Waals surface area (Å²) in [6, 6.07) is 14.7. The van der Waals surface area contributed by atoms with E-state index < -0.39 is 5.97 Å². The summed E-state index contributed by atoms with van der Waals surface area (Å²) in [7, 11) is 5.32. The molecule has 0 bridgehead atoms. The first-order valence-electron chi connectivity index (χ1n) is 9.15. The van der Waals surface area contributed by atoms with E-state index in [9.17, 15) is 9.59 Å². The Hall–Kier alpha value is -3.67. The zero-order valence-electron chi connectivity index (χ0n) is 16.9. The van der Waals surface area contributed by atoms with Crippen molar-refractivity contribution in [2.45, 2.75) is 6.92 Å². The summed E-state index contributed by atoms with van der Waals surface area (Å²) in [5.41, 5.74) is 4.35. The number of hydrogen-bond acceptors (Lipinski definition) is 5. The number of nitrogens with zero attached hydrogens (tertiary/aromatic N) is 3. The number of benzene rings is 2. The van der Waals surface area contributed by atoms with Crippen LogP contribution in [0.1, 0.15) is 22.8 Å². The number of amides is 1. The van der Waals surface area contributed by atoms with E-state index in [-0.39, 0.29) is 5.91 Å². The molecule has 148 valence electrons. The highest BCUT2D eigenvalue weighted by Crippen LogP contribution is 2.24. The molecule has 1 amide bonds. The molecule has 0 saturated carbocycles. The van der Waals surface area contributed by atoms with Crippen LogP contribution in [0.15, 0.2) is 71.4 Å². The standard InChI is InChI=1S/C23H23N3O3/c1-16-21(7-5-6-17-8-12-19(13-9-17)25(2)3)22(27)26(24-16)20-14-10-18(11-15-20)23(28)29-4/h5-15H,1-4H3/b6-5?,21-7-. The second kappa shape index (κ2) is 8.56. The molecule has 0 spiro atoms. The summed E-state index contributed by atoms with van der Waals surface area (Å²) in [5.74, 6) is -0.630. The molecule has 0 aromatic heterocycles. The van der Waals surface area contributed by atoms with Crippen LogP contribution in [0.3, 0.4) is 0 Å². The van der Waals surface area contributed by atoms with Gasteiger partial charge in [-0.05, 0) is 55.0 Å². The van der Waals surface area contributed by atoms with Crippen LogP contribution in [-0.4, -0.2) is 38.8 Å². The maximum atomic E-state index is 12.8. The van der Waals surface area contributed by atoms with Crippen molar-refractivity contribution in [1.82, 2.24) is 0 Å². The van der Waals surface area contributed by atoms with E-state index in [0.717, 1.165) is 11.3 Å². The summed E-state index contributed by atoms with van der Waals surface area (Å²) in [5, 5.41) is 5.68. The van der Waals surface area contributed by atoms with Gasteiger partial charge in [0.15, 0.2) is 0 Å². The highest BCUT2D eigenvalue weighted by atomic mass is 16.5. The molecule has 1 aliphatic heterocycles. The Morgan fingerprint density at radius 2 is 1.72 bits per heavy atom. The fraction of sp³-hybridized carbons (Fsp3) is 0.174. The van der Waals surface area contributed by atoms with Gasteiger partial charge in [-0.3, -0.25) is 4.79 Å². The highest BCUT2D eigenvalue weighted by Gasteiger charge is 2.28. The molecule has 0 unspecified atom stereocenters. The van der Waals surface area contributed by atoms with Crippen LogP contribution in [0.5, 0.6) is 0 Å². The molecule has 0 fully saturated rings. The van der Waals surface area contributed by atoms with Gasteiger partial charge in [-0.15, -0.1) is 0 Å². The number of carbonyl (C=O) groups excluding carboxylic acids is 2. The molecule has 29 heavy (non-hydrogen) atoms. The molecular formula is C23H23N3O3. The van der Waals surface area contributed by atoms with Gasteiger partial charge in [0.25, 0.3) is 5.91 Å². The Morgan fingerprint density at radius 3 is 2.31 bits per heavy atom. The molecule has 1 aliphatic rings. The Bertz CT molecular complexity index is 1000. The van der Waals surface area contributed by atoms with Crippen molar-refractivity contribution < 1.29 is 14.3 Å². The van der Waals surface area contributed by atoms with Crippen LogP contribution in [0, 0.1) is 0 Å². The van der Waals surface area contributed by atoms with E-state index in [1.807, 2.05) is 55.4 Å². The van der Waals surface area contributed by atoms with Gasteiger partial charge in [-0.2, -0.15) is 10.1 Å². The average Bonchev–Trinajstić information content (AvgIpc) is 3.02. The third-order valence-electron chi connectivity index (χ3n) is 4.56. The van der Waals surface area contributed by atoms with E-state index in [0.29, 0.717) is 22.5 Å². The molecule has 2 aromatic rings. The van der Waals surface area contributed by atoms with Gasteiger partial charge in [0.05, 0.1) is 29.6 Å². The van der Waals surface area contributed by atoms with Gasteiger partial charge in [0, 0.05) is 19.8 Å². The van der Waals surface area contributed by atoms with E-state index in [1.165, 1.54) is 12.1 Å². The van der Waals surface area contributed by atoms with Crippen LogP contribution in [0.2, 0.25) is 0 Å². The normalized spacial score (nSPS) is 15.2. The number of allylic oxidation sites excluding steroid dienone is 2. The Morgan fingerprint density at radius 1 is 1.07 bits per heavy atom. The first-order valence-corrected chi connectivity index (χ1v) is 9.15. The predicted octanol–water partition coefficient (Wildman–Crippen LogP) is 3.90. The van der Waals surface area contributed by atoms with Gasteiger partial charge in [0.2, 0.25) is 0 Å². The van der Waals surface area contributed by atoms with Crippen LogP contribution in [-0.2, 0) is 9.53 Å². The molecule has 0 aliphatic carbocycles. The molecule has 2 aromatic carbocycles. The lowest BCUT2D eigenvalue weighted by molar-refractivity contribution is -0.114. The average molecular weight is 389 g/mol. The third-order valence-corrected chi connectivity index (χ3v) is 4.56. The molecule has 6 nitrogen and oxygen atoms in total. The Labute approximate surface area is 170 Å². The summed E-state index contributed by atoms with van der Waals surface area (Å²) < 4.78 is 4.69. The van der Waals surface area contributed by atoms with Crippen LogP contribution in [0.25, 0.3) is 6.08 Å². The quantitative estimate of drug-likeness (QED) is 0.575. The van der Waals surface area contributed by atoms with E-state index in [4.69, 9.17) is 0 Å². The molecule has 6 heteroatoms. The number of hydrazone groups is 1. The van der Waals surface area contributed by atoms with Crippen molar-refractivity contribution in [1.29, 1.82) is 0 Å². The first kappa shape index (κ1) is 20.1. The number of esters is 1. The van der Waals surface area contributed by atoms with Crippen molar-refractivity contribution in [3.05, 3.63) is 77.4 Å². The van der Waals surface area contributed by atoms with E-state index >= 15 is 0 Å². The lowest BCUT2D eigenvalue weighted by Crippen LogP contribution is -2.21. The van der Waals surface area contributed by atoms with Crippen LogP contribution >= 0.6 is 0 Å². The number of anilines is 2. The van der Waals surface area contributed by atoms with Crippen LogP contribution < -0.4 is 9.91 Å². The van der Waals surface area contributed by atoms with E-state index in [1.54, 1.807) is 37.3 Å². The molecule has 0 radical (unpaired) electrons. The van der Waals surface area contributed by atoms with Gasteiger partial charge in [-0.1, -0.05) is 24.3 Å². The minimum atomic E-state index is -0.423. The first-order chi connectivity index (χ1) is 13.9. The summed E-state index contributed by atoms with van der Waals surface area (Å²) >= 11 is 0. The Kier molecular flexibility index (Phi) is 5.93. The van der Waals surface area contributed by atoms with Gasteiger partial charge < -0.3 is 9.64 Å². The fourth-order valence-corrected chi connectivity index (χ4v) is 2.88. The lowest BCUT2D eigenvalue weighted by atomic mass is 10.1. The van der Waals surface area contributed by atoms with Gasteiger partial charge in [0.1, 0.15) is 0 Å². The second-order valence-electron chi connectivity index (χ2n) is 6.77. The van der Waals surface area contributed by atoms with Crippen molar-refractivity contribution >= 4 is 35.0 Å². The second-order valence-corrected chi connectivity index (χ2v) is 6.77. The molecular weight excluding hydrogens is 366 g/mol. The lowest BCUT2D eigenvalue weighted by Gasteiger charge is -2.12. The molecule has 1 heterocycles. The van der Waals surface area contributed by atoms with Gasteiger partial charge in [-0.25, -0.2) is 4.79 Å². The minimum absolute atomic E-state index is 0.207. The molecule has 0 N–H and O–H groups in total. The molecule has 0 saturated heterocycles.